The SMILES string of the molecule is O=C1C=C(O)c2cc3c(cc2C1O)C(O)C(Br)(Br)C(=O)C3O. The highest BCUT2D eigenvalue weighted by Crippen LogP contribution is 2.50. The molecule has 4 N–H and O–H groups in total. The number of ketones is 2. The summed E-state index contributed by atoms with van der Waals surface area (Å²) >= 11 is 6.07. The molecule has 0 amide bonds. The fourth-order valence-corrected chi connectivity index (χ4v) is 3.60. The van der Waals surface area contributed by atoms with Gasteiger partial charge >= 0.3 is 0 Å². The number of carbonyl (C=O) groups excluding carboxylic acids is 2. The third kappa shape index (κ3) is 2.02. The summed E-state index contributed by atoms with van der Waals surface area (Å²) < 4.78 is -1.57. The highest BCUT2D eigenvalue weighted by atomic mass is 79.9. The van der Waals surface area contributed by atoms with Crippen molar-refractivity contribution in [3.8, 4) is 0 Å². The molecule has 0 fully saturated rings. The van der Waals surface area contributed by atoms with Crippen LogP contribution in [0.5, 0.6) is 0 Å². The first-order valence-electron chi connectivity index (χ1n) is 6.25. The van der Waals surface area contributed by atoms with Crippen molar-refractivity contribution in [2.75, 3.05) is 0 Å². The van der Waals surface area contributed by atoms with Gasteiger partial charge in [0.25, 0.3) is 0 Å². The van der Waals surface area contributed by atoms with Gasteiger partial charge in [0.1, 0.15) is 24.1 Å². The van der Waals surface area contributed by atoms with Crippen LogP contribution in [0.1, 0.15) is 40.6 Å². The zero-order valence-electron chi connectivity index (χ0n) is 10.8. The number of aliphatic hydroxyl groups excluding tert-OH is 4. The maximum absolute atomic E-state index is 12.1. The van der Waals surface area contributed by atoms with Gasteiger partial charge in [-0.25, -0.2) is 0 Å². The Kier molecular flexibility index (Phi) is 3.57. The molecule has 0 radical (unpaired) electrons. The van der Waals surface area contributed by atoms with Crippen LogP contribution in [0.15, 0.2) is 18.2 Å². The van der Waals surface area contributed by atoms with E-state index in [-0.39, 0.29) is 28.0 Å². The normalized spacial score (nSPS) is 29.7. The van der Waals surface area contributed by atoms with Crippen molar-refractivity contribution in [2.45, 2.75) is 21.5 Å². The van der Waals surface area contributed by atoms with Crippen molar-refractivity contribution in [1.29, 1.82) is 0 Å². The number of rotatable bonds is 0. The summed E-state index contributed by atoms with van der Waals surface area (Å²) in [5.41, 5.74) is 0.551. The van der Waals surface area contributed by atoms with E-state index in [0.717, 1.165) is 6.08 Å². The number of halogens is 2. The van der Waals surface area contributed by atoms with Crippen molar-refractivity contribution < 1.29 is 30.0 Å². The zero-order valence-corrected chi connectivity index (χ0v) is 14.0. The average molecular weight is 434 g/mol. The van der Waals surface area contributed by atoms with Crippen LogP contribution in [0.25, 0.3) is 5.76 Å². The molecular weight excluding hydrogens is 424 g/mol. The van der Waals surface area contributed by atoms with Crippen LogP contribution >= 0.6 is 31.9 Å². The molecule has 2 aliphatic rings. The first-order chi connectivity index (χ1) is 10.2. The molecule has 1 aromatic rings. The van der Waals surface area contributed by atoms with Gasteiger partial charge in [-0.05, 0) is 28.8 Å². The molecule has 0 heterocycles. The number of Topliss-reactive ketones (excluding diaryl/α,β-unsaturated/α-hetero) is 1. The first-order valence-corrected chi connectivity index (χ1v) is 7.83. The predicted molar refractivity (Wildman–Crippen MR) is 82.5 cm³/mol. The minimum absolute atomic E-state index is 0.111. The predicted octanol–water partition coefficient (Wildman–Crippen LogP) is 1.34. The van der Waals surface area contributed by atoms with Crippen LogP contribution in [-0.4, -0.2) is 35.2 Å². The number of benzene rings is 1. The molecule has 6 nitrogen and oxygen atoms in total. The Morgan fingerprint density at radius 2 is 1.59 bits per heavy atom. The molecular formula is C14H10Br2O6. The lowest BCUT2D eigenvalue weighted by Gasteiger charge is -2.36. The minimum Gasteiger partial charge on any atom is -0.507 e. The number of alkyl halides is 2. The molecule has 8 heteroatoms. The topological polar surface area (TPSA) is 115 Å². The minimum atomic E-state index is -1.57. The number of fused-ring (bicyclic) bond motifs is 2. The summed E-state index contributed by atoms with van der Waals surface area (Å²) in [6, 6.07) is 2.61. The molecule has 3 atom stereocenters. The second-order valence-electron chi connectivity index (χ2n) is 5.20. The van der Waals surface area contributed by atoms with Gasteiger partial charge in [-0.15, -0.1) is 0 Å². The molecule has 116 valence electrons. The summed E-state index contributed by atoms with van der Waals surface area (Å²) in [4.78, 5) is 23.7. The van der Waals surface area contributed by atoms with Crippen LogP contribution in [0, 0.1) is 0 Å². The van der Waals surface area contributed by atoms with Gasteiger partial charge < -0.3 is 20.4 Å². The van der Waals surface area contributed by atoms with Crippen LogP contribution in [0.4, 0.5) is 0 Å². The molecule has 2 aliphatic carbocycles. The average Bonchev–Trinajstić information content (AvgIpc) is 2.48. The van der Waals surface area contributed by atoms with Gasteiger partial charge in [-0.3, -0.25) is 9.59 Å². The summed E-state index contributed by atoms with van der Waals surface area (Å²) in [7, 11) is 0. The maximum Gasteiger partial charge on any atom is 0.196 e. The monoisotopic (exact) mass is 432 g/mol. The molecule has 0 aromatic heterocycles. The van der Waals surface area contributed by atoms with Gasteiger partial charge in [-0.2, -0.15) is 0 Å². The quantitative estimate of drug-likeness (QED) is 0.459. The third-order valence-electron chi connectivity index (χ3n) is 3.88. The standard InChI is InChI=1S/C14H10Br2O6/c15-14(16)12(21)7-2-5-4(1-6(7)11(20)13(14)22)8(17)3-9(18)10(5)19/h1-3,10-12,17,19-21H. The Morgan fingerprint density at radius 1 is 0.955 bits per heavy atom. The van der Waals surface area contributed by atoms with Gasteiger partial charge in [0.15, 0.2) is 14.8 Å². The van der Waals surface area contributed by atoms with E-state index in [9.17, 15) is 30.0 Å². The highest BCUT2D eigenvalue weighted by Gasteiger charge is 2.50. The fourth-order valence-electron chi connectivity index (χ4n) is 2.67. The van der Waals surface area contributed by atoms with E-state index >= 15 is 0 Å². The van der Waals surface area contributed by atoms with E-state index in [4.69, 9.17) is 0 Å². The third-order valence-corrected chi connectivity index (χ3v) is 5.53. The molecule has 3 rings (SSSR count). The van der Waals surface area contributed by atoms with Crippen LogP contribution in [0.3, 0.4) is 0 Å². The first kappa shape index (κ1) is 15.8. The van der Waals surface area contributed by atoms with E-state index in [0.29, 0.717) is 0 Å². The fraction of sp³-hybridized carbons (Fsp3) is 0.286. The van der Waals surface area contributed by atoms with Gasteiger partial charge in [-0.1, -0.05) is 31.9 Å². The lowest BCUT2D eigenvalue weighted by molar-refractivity contribution is -0.131. The Bertz CT molecular complexity index is 739. The summed E-state index contributed by atoms with van der Waals surface area (Å²) in [5, 5.41) is 40.3. The molecule has 0 spiro atoms. The maximum atomic E-state index is 12.1. The zero-order chi connectivity index (χ0) is 16.4. The van der Waals surface area contributed by atoms with Crippen LogP contribution in [-0.2, 0) is 9.59 Å². The summed E-state index contributed by atoms with van der Waals surface area (Å²) in [6.07, 6.45) is -3.46. The molecule has 0 saturated carbocycles. The van der Waals surface area contributed by atoms with E-state index in [1.54, 1.807) is 0 Å². The highest BCUT2D eigenvalue weighted by molar-refractivity contribution is 9.26. The molecule has 0 aliphatic heterocycles. The van der Waals surface area contributed by atoms with E-state index in [1.165, 1.54) is 12.1 Å². The molecule has 3 unspecified atom stereocenters. The van der Waals surface area contributed by atoms with Crippen molar-refractivity contribution in [1.82, 2.24) is 0 Å². The second-order valence-corrected chi connectivity index (χ2v) is 8.76. The van der Waals surface area contributed by atoms with Crippen molar-refractivity contribution in [2.24, 2.45) is 0 Å². The number of carbonyl (C=O) groups is 2. The summed E-state index contributed by atoms with van der Waals surface area (Å²) in [6.45, 7) is 0. The van der Waals surface area contributed by atoms with E-state index in [1.807, 2.05) is 0 Å². The Hall–Kier alpha value is -1.06. The van der Waals surface area contributed by atoms with Crippen molar-refractivity contribution in [3.05, 3.63) is 40.5 Å². The van der Waals surface area contributed by atoms with Crippen molar-refractivity contribution in [3.63, 3.8) is 0 Å². The Balaban J connectivity index is 2.28. The van der Waals surface area contributed by atoms with E-state index < -0.39 is 33.1 Å². The van der Waals surface area contributed by atoms with Gasteiger partial charge in [0, 0.05) is 11.6 Å². The number of hydrogen-bond donors (Lipinski definition) is 4. The number of aliphatic hydroxyl groups is 4. The van der Waals surface area contributed by atoms with Gasteiger partial charge in [0.2, 0.25) is 0 Å². The van der Waals surface area contributed by atoms with E-state index in [2.05, 4.69) is 31.9 Å². The lowest BCUT2D eigenvalue weighted by atomic mass is 9.80. The van der Waals surface area contributed by atoms with Gasteiger partial charge in [0.05, 0.1) is 0 Å². The van der Waals surface area contributed by atoms with Crippen LogP contribution < -0.4 is 0 Å². The molecule has 22 heavy (non-hydrogen) atoms. The second kappa shape index (κ2) is 4.97. The van der Waals surface area contributed by atoms with Crippen LogP contribution in [0.2, 0.25) is 0 Å². The molecule has 0 saturated heterocycles. The smallest absolute Gasteiger partial charge is 0.196 e. The summed E-state index contributed by atoms with van der Waals surface area (Å²) in [5.74, 6) is -1.74. The Labute approximate surface area is 141 Å². The lowest BCUT2D eigenvalue weighted by Crippen LogP contribution is -2.41. The van der Waals surface area contributed by atoms with Crippen molar-refractivity contribution >= 4 is 49.2 Å². The molecule has 0 bridgehead atoms. The molecule has 1 aromatic carbocycles. The largest absolute Gasteiger partial charge is 0.507 e. The Morgan fingerprint density at radius 3 is 2.23 bits per heavy atom. The number of hydrogen-bond acceptors (Lipinski definition) is 6.